The zero-order chi connectivity index (χ0) is 15.2. The molecule has 0 saturated carbocycles. The van der Waals surface area contributed by atoms with Crippen LogP contribution in [0, 0.1) is 0 Å². The Morgan fingerprint density at radius 3 is 1.68 bits per heavy atom. The first kappa shape index (κ1) is 15.9. The molecule has 0 aliphatic carbocycles. The quantitative estimate of drug-likeness (QED) is 0.635. The van der Waals surface area contributed by atoms with Crippen molar-refractivity contribution in [2.24, 2.45) is 0 Å². The summed E-state index contributed by atoms with van der Waals surface area (Å²) < 4.78 is 96.3. The van der Waals surface area contributed by atoms with Crippen LogP contribution in [-0.4, -0.2) is 13.5 Å². The molecular formula is C8H3ClF6O3S. The summed E-state index contributed by atoms with van der Waals surface area (Å²) in [6.07, 6.45) is -10.7. The third-order valence-electron chi connectivity index (χ3n) is 1.97. The fraction of sp³-hybridized carbons (Fsp3) is 0.250. The van der Waals surface area contributed by atoms with Crippen molar-refractivity contribution in [3.8, 4) is 5.75 Å². The third kappa shape index (κ3) is 3.44. The van der Waals surface area contributed by atoms with Crippen LogP contribution >= 0.6 is 10.7 Å². The van der Waals surface area contributed by atoms with E-state index in [0.29, 0.717) is 0 Å². The predicted octanol–water partition coefficient (Wildman–Crippen LogP) is 3.36. The fourth-order valence-corrected chi connectivity index (χ4v) is 2.29. The molecule has 1 N–H and O–H groups in total. The molecule has 0 fully saturated rings. The molecule has 0 atom stereocenters. The summed E-state index contributed by atoms with van der Waals surface area (Å²) in [6.45, 7) is 0. The normalized spacial score (nSPS) is 13.6. The lowest BCUT2D eigenvalue weighted by atomic mass is 10.1. The van der Waals surface area contributed by atoms with Gasteiger partial charge in [0.15, 0.2) is 0 Å². The fourth-order valence-electron chi connectivity index (χ4n) is 1.22. The molecule has 0 bridgehead atoms. The maximum Gasteiger partial charge on any atom is 0.419 e. The summed E-state index contributed by atoms with van der Waals surface area (Å²) >= 11 is 0. The highest BCUT2D eigenvalue weighted by atomic mass is 35.7. The van der Waals surface area contributed by atoms with Crippen molar-refractivity contribution >= 4 is 19.7 Å². The first-order valence-corrected chi connectivity index (χ1v) is 6.51. The van der Waals surface area contributed by atoms with Gasteiger partial charge in [-0.1, -0.05) is 0 Å². The second-order valence-corrected chi connectivity index (χ2v) is 5.83. The lowest BCUT2D eigenvalue weighted by Gasteiger charge is -2.15. The van der Waals surface area contributed by atoms with E-state index in [-0.39, 0.29) is 6.07 Å². The van der Waals surface area contributed by atoms with Gasteiger partial charge in [-0.05, 0) is 6.07 Å². The van der Waals surface area contributed by atoms with Gasteiger partial charge in [0.05, 0.1) is 16.0 Å². The van der Waals surface area contributed by atoms with Crippen LogP contribution in [0.3, 0.4) is 0 Å². The van der Waals surface area contributed by atoms with E-state index in [9.17, 15) is 34.8 Å². The lowest BCUT2D eigenvalue weighted by molar-refractivity contribution is -0.145. The van der Waals surface area contributed by atoms with Crippen LogP contribution in [0.5, 0.6) is 5.75 Å². The number of phenols is 1. The Kier molecular flexibility index (Phi) is 3.72. The smallest absolute Gasteiger partial charge is 0.419 e. The van der Waals surface area contributed by atoms with E-state index in [4.69, 9.17) is 5.11 Å². The van der Waals surface area contributed by atoms with Gasteiger partial charge in [0, 0.05) is 16.7 Å². The Balaban J connectivity index is 3.76. The molecule has 0 radical (unpaired) electrons. The lowest BCUT2D eigenvalue weighted by Crippen LogP contribution is -2.14. The second kappa shape index (κ2) is 4.44. The number of alkyl halides is 6. The highest BCUT2D eigenvalue weighted by Crippen LogP contribution is 2.43. The van der Waals surface area contributed by atoms with Crippen LogP contribution in [0.4, 0.5) is 26.3 Å². The second-order valence-electron chi connectivity index (χ2n) is 3.30. The van der Waals surface area contributed by atoms with Crippen molar-refractivity contribution < 1.29 is 39.9 Å². The zero-order valence-electron chi connectivity index (χ0n) is 8.47. The van der Waals surface area contributed by atoms with Gasteiger partial charge in [-0.25, -0.2) is 8.42 Å². The largest absolute Gasteiger partial charge is 0.507 e. The minimum Gasteiger partial charge on any atom is -0.507 e. The molecule has 1 aromatic rings. The van der Waals surface area contributed by atoms with Crippen LogP contribution < -0.4 is 0 Å². The Hall–Kier alpha value is -1.16. The monoisotopic (exact) mass is 328 g/mol. The minimum atomic E-state index is -5.38. The summed E-state index contributed by atoms with van der Waals surface area (Å²) in [5, 5.41) is 8.97. The zero-order valence-corrected chi connectivity index (χ0v) is 10.0. The van der Waals surface area contributed by atoms with Crippen molar-refractivity contribution in [3.63, 3.8) is 0 Å². The molecule has 11 heteroatoms. The molecule has 0 aliphatic heterocycles. The van der Waals surface area contributed by atoms with Crippen LogP contribution in [0.15, 0.2) is 17.0 Å². The molecule has 0 heterocycles. The standard InChI is InChI=1S/C8H3ClF6O3S/c9-19(17,18)6-2-5(16)3(7(10,11)12)1-4(6)8(13,14)15/h1-2,16H. The summed E-state index contributed by atoms with van der Waals surface area (Å²) in [5.41, 5.74) is -4.11. The molecule has 0 aliphatic rings. The third-order valence-corrected chi connectivity index (χ3v) is 3.33. The number of phenolic OH excluding ortho intramolecular Hbond substituents is 1. The Morgan fingerprint density at radius 1 is 0.947 bits per heavy atom. The summed E-state index contributed by atoms with van der Waals surface area (Å²) in [4.78, 5) is -1.65. The molecule has 0 saturated heterocycles. The van der Waals surface area contributed by atoms with Gasteiger partial charge < -0.3 is 5.11 Å². The van der Waals surface area contributed by atoms with Gasteiger partial charge in [-0.15, -0.1) is 0 Å². The maximum atomic E-state index is 12.5. The minimum absolute atomic E-state index is 0.187. The van der Waals surface area contributed by atoms with Crippen molar-refractivity contribution in [1.82, 2.24) is 0 Å². The van der Waals surface area contributed by atoms with Gasteiger partial charge >= 0.3 is 12.4 Å². The van der Waals surface area contributed by atoms with Crippen molar-refractivity contribution in [2.45, 2.75) is 17.2 Å². The first-order chi connectivity index (χ1) is 8.24. The molecule has 0 aromatic heterocycles. The Labute approximate surface area is 106 Å². The number of benzene rings is 1. The van der Waals surface area contributed by atoms with Gasteiger partial charge in [0.2, 0.25) is 0 Å². The molecule has 108 valence electrons. The van der Waals surface area contributed by atoms with Crippen molar-refractivity contribution in [3.05, 3.63) is 23.3 Å². The van der Waals surface area contributed by atoms with E-state index in [1.165, 1.54) is 0 Å². The van der Waals surface area contributed by atoms with Crippen molar-refractivity contribution in [2.75, 3.05) is 0 Å². The summed E-state index contributed by atoms with van der Waals surface area (Å²) in [6, 6.07) is -0.696. The highest BCUT2D eigenvalue weighted by molar-refractivity contribution is 8.13. The SMILES string of the molecule is O=S(=O)(Cl)c1cc(O)c(C(F)(F)F)cc1C(F)(F)F. The van der Waals surface area contributed by atoms with Gasteiger partial charge in [-0.2, -0.15) is 26.3 Å². The van der Waals surface area contributed by atoms with E-state index in [0.717, 1.165) is 0 Å². The summed E-state index contributed by atoms with van der Waals surface area (Å²) in [7, 11) is -0.288. The topological polar surface area (TPSA) is 54.4 Å². The van der Waals surface area contributed by atoms with E-state index >= 15 is 0 Å². The molecule has 0 spiro atoms. The number of halogens is 7. The maximum absolute atomic E-state index is 12.5. The predicted molar refractivity (Wildman–Crippen MR) is 51.1 cm³/mol. The molecule has 3 nitrogen and oxygen atoms in total. The molecule has 1 rings (SSSR count). The van der Waals surface area contributed by atoms with Crippen LogP contribution in [0.1, 0.15) is 11.1 Å². The number of rotatable bonds is 1. The average molecular weight is 329 g/mol. The number of hydrogen-bond donors (Lipinski definition) is 1. The van der Waals surface area contributed by atoms with Gasteiger partial charge in [-0.3, -0.25) is 0 Å². The van der Waals surface area contributed by atoms with Crippen molar-refractivity contribution in [1.29, 1.82) is 0 Å². The van der Waals surface area contributed by atoms with Gasteiger partial charge in [0.25, 0.3) is 9.05 Å². The molecule has 19 heavy (non-hydrogen) atoms. The Morgan fingerprint density at radius 2 is 1.37 bits per heavy atom. The van der Waals surface area contributed by atoms with Crippen LogP contribution in [-0.2, 0) is 21.4 Å². The summed E-state index contributed by atoms with van der Waals surface area (Å²) in [5.74, 6) is -1.67. The van der Waals surface area contributed by atoms with E-state index in [1.807, 2.05) is 0 Å². The number of hydrogen-bond acceptors (Lipinski definition) is 3. The molecule has 1 aromatic carbocycles. The first-order valence-electron chi connectivity index (χ1n) is 4.20. The number of aromatic hydroxyl groups is 1. The van der Waals surface area contributed by atoms with Crippen LogP contribution in [0.2, 0.25) is 0 Å². The van der Waals surface area contributed by atoms with E-state index < -0.39 is 49.2 Å². The van der Waals surface area contributed by atoms with E-state index in [1.54, 1.807) is 0 Å². The average Bonchev–Trinajstić information content (AvgIpc) is 2.11. The highest BCUT2D eigenvalue weighted by Gasteiger charge is 2.42. The molecule has 0 unspecified atom stereocenters. The molecule has 0 amide bonds. The van der Waals surface area contributed by atoms with Crippen LogP contribution in [0.25, 0.3) is 0 Å². The van der Waals surface area contributed by atoms with E-state index in [2.05, 4.69) is 10.7 Å². The van der Waals surface area contributed by atoms with Gasteiger partial charge in [0.1, 0.15) is 5.75 Å². The Bertz CT molecular complexity index is 604. The molecular weight excluding hydrogens is 326 g/mol.